The van der Waals surface area contributed by atoms with Crippen molar-refractivity contribution in [2.24, 2.45) is 0 Å². The van der Waals surface area contributed by atoms with E-state index in [1.54, 1.807) is 114 Å². The quantitative estimate of drug-likeness (QED) is 0.0580. The highest BCUT2D eigenvalue weighted by molar-refractivity contribution is 9.11. The van der Waals surface area contributed by atoms with E-state index in [2.05, 4.69) is 77.8 Å². The summed E-state index contributed by atoms with van der Waals surface area (Å²) in [6.07, 6.45) is 15.6. The molecule has 30 heteroatoms. The van der Waals surface area contributed by atoms with Crippen LogP contribution in [0.25, 0.3) is 0 Å². The van der Waals surface area contributed by atoms with Crippen molar-refractivity contribution in [1.29, 1.82) is 0 Å². The van der Waals surface area contributed by atoms with E-state index in [0.717, 1.165) is 82.9 Å². The van der Waals surface area contributed by atoms with E-state index in [0.29, 0.717) is 118 Å². The Bertz CT molecular complexity index is 4560. The smallest absolute Gasteiger partial charge is 0.337 e. The first-order chi connectivity index (χ1) is 55.4. The Morgan fingerprint density at radius 1 is 0.474 bits per heavy atom. The van der Waals surface area contributed by atoms with Crippen LogP contribution in [0.15, 0.2) is 198 Å². The van der Waals surface area contributed by atoms with Gasteiger partial charge in [0.25, 0.3) is 0 Å². The number of aliphatic hydroxyl groups excluding tert-OH is 1. The minimum atomic E-state index is -0.425. The molecule has 4 aromatic heterocycles. The molecular formula is C84H88Br3N9O18. The van der Waals surface area contributed by atoms with Crippen molar-refractivity contribution in [3.63, 3.8) is 0 Å². The van der Waals surface area contributed by atoms with Crippen molar-refractivity contribution in [1.82, 2.24) is 44.9 Å². The molecule has 0 radical (unpaired) electrons. The summed E-state index contributed by atoms with van der Waals surface area (Å²) in [6, 6.07) is 41.2. The number of aromatic nitrogens is 4. The molecular weight excluding hydrogens is 1660 g/mol. The van der Waals surface area contributed by atoms with E-state index in [-0.39, 0.29) is 73.8 Å². The molecule has 2 unspecified atom stereocenters. The maximum atomic E-state index is 13.4. The Kier molecular flexibility index (Phi) is 32.7. The van der Waals surface area contributed by atoms with Gasteiger partial charge in [0.05, 0.1) is 121 Å². The largest absolute Gasteiger partial charge is 0.491 e. The van der Waals surface area contributed by atoms with Gasteiger partial charge in [-0.3, -0.25) is 19.9 Å². The first kappa shape index (κ1) is 85.7. The maximum Gasteiger partial charge on any atom is 0.337 e. The number of amides is 4. The zero-order valence-electron chi connectivity index (χ0n) is 63.5. The predicted octanol–water partition coefficient (Wildman–Crippen LogP) is 13.1. The van der Waals surface area contributed by atoms with E-state index < -0.39 is 11.9 Å². The monoisotopic (exact) mass is 1750 g/mol. The van der Waals surface area contributed by atoms with E-state index >= 15 is 0 Å². The number of halogens is 3. The number of rotatable bonds is 14. The lowest BCUT2D eigenvalue weighted by Crippen LogP contribution is -2.49. The number of fused-ring (bicyclic) bond motifs is 3. The molecule has 5 aliphatic rings. The Labute approximate surface area is 685 Å². The van der Waals surface area contributed by atoms with Gasteiger partial charge in [-0.15, -0.1) is 0 Å². The minimum absolute atomic E-state index is 0.0564. The van der Waals surface area contributed by atoms with Gasteiger partial charge in [0.1, 0.15) is 37.1 Å². The van der Waals surface area contributed by atoms with Gasteiger partial charge in [0.15, 0.2) is 0 Å². The summed E-state index contributed by atoms with van der Waals surface area (Å²) in [5.74, 6) is 0.0623. The van der Waals surface area contributed by atoms with Crippen molar-refractivity contribution in [2.75, 3.05) is 115 Å². The summed E-state index contributed by atoms with van der Waals surface area (Å²) in [7, 11) is 6.79. The number of hydrogen-bond donors (Lipinski definition) is 2. The van der Waals surface area contributed by atoms with Gasteiger partial charge in [0.2, 0.25) is 0 Å². The standard InChI is InChI=1S/2C21H23N3O5.C17H18BrNO3.C16H16N2O3.C9H8Br2O2/c2*1-27-20(25)15-4-5-17-13-24(21(26)23-7-9-28-10-8-23)18(14-29-19(17)11-15)16-3-2-6-22-12-16;1-22-17(21)13-6-4-12(16(18)9-13)5-7-15(11-20)14-3-2-8-19-10-14;1-20-16(19)11-4-5-13-9-18-14(10-21-15(13)7-11)12-3-2-6-17-8-12;1-13-9(12)6-2-3-7(5-10)8(11)4-6/h2*2-6,11-12,18H,7-10,13-14H2,1H3;2-4,6,8-10,15,20H,5,7,11H2,1H3;2-8,14,18H,9-10H2,1H3;2-4H,5H2,1H3/t2*18-;;;/m10.../s1. The molecule has 2 N–H and O–H groups in total. The number of urea groups is 2. The average molecular weight is 1750 g/mol. The number of benzene rings is 5. The van der Waals surface area contributed by atoms with E-state index in [9.17, 15) is 38.7 Å². The fourth-order valence-corrected chi connectivity index (χ4v) is 14.7. The molecule has 2 saturated heterocycles. The number of aryl methyl sites for hydroxylation is 1. The number of esters is 5. The average Bonchev–Trinajstić information content (AvgIpc) is 1.65. The second kappa shape index (κ2) is 43.5. The number of carbonyl (C=O) groups excluding carboxylic acids is 7. The highest BCUT2D eigenvalue weighted by atomic mass is 79.9. The Hall–Kier alpha value is -10.7. The van der Waals surface area contributed by atoms with E-state index in [1.807, 2.05) is 94.9 Å². The van der Waals surface area contributed by atoms with Gasteiger partial charge in [0, 0.05) is 126 Å². The lowest BCUT2D eigenvalue weighted by molar-refractivity contribution is 0.0361. The number of carbonyl (C=O) groups is 7. The molecule has 0 saturated carbocycles. The molecule has 4 amide bonds. The van der Waals surface area contributed by atoms with Crippen LogP contribution in [0.1, 0.15) is 132 Å². The molecule has 5 aromatic carbocycles. The molecule has 0 aliphatic carbocycles. The number of methoxy groups -OCH3 is 5. The summed E-state index contributed by atoms with van der Waals surface area (Å²) >= 11 is 10.2. The van der Waals surface area contributed by atoms with Crippen LogP contribution < -0.4 is 19.5 Å². The minimum Gasteiger partial charge on any atom is -0.491 e. The zero-order chi connectivity index (χ0) is 80.9. The van der Waals surface area contributed by atoms with Gasteiger partial charge in [-0.05, 0) is 131 Å². The Morgan fingerprint density at radius 2 is 0.851 bits per heavy atom. The third-order valence-electron chi connectivity index (χ3n) is 19.1. The summed E-state index contributed by atoms with van der Waals surface area (Å²) in [5, 5.41) is 13.8. The number of hydrogen-bond acceptors (Lipinski definition) is 23. The lowest BCUT2D eigenvalue weighted by atomic mass is 9.94. The molecule has 9 heterocycles. The number of ether oxygens (including phenoxy) is 10. The van der Waals surface area contributed by atoms with E-state index in [1.165, 1.54) is 35.5 Å². The second-order valence-corrected chi connectivity index (χ2v) is 28.4. The molecule has 4 atom stereocenters. The molecule has 2 fully saturated rings. The van der Waals surface area contributed by atoms with Crippen molar-refractivity contribution >= 4 is 89.7 Å². The van der Waals surface area contributed by atoms with Gasteiger partial charge >= 0.3 is 41.9 Å². The number of aliphatic hydroxyl groups is 1. The van der Waals surface area contributed by atoms with Crippen molar-refractivity contribution in [2.45, 2.75) is 61.8 Å². The van der Waals surface area contributed by atoms with Crippen LogP contribution in [0.4, 0.5) is 9.59 Å². The topological polar surface area (TPSA) is 309 Å². The van der Waals surface area contributed by atoms with Gasteiger partial charge in [-0.25, -0.2) is 33.6 Å². The highest BCUT2D eigenvalue weighted by Gasteiger charge is 2.36. The van der Waals surface area contributed by atoms with Crippen LogP contribution >= 0.6 is 47.8 Å². The number of nitrogens with one attached hydrogen (secondary N) is 1. The highest BCUT2D eigenvalue weighted by Crippen LogP contribution is 2.37. The molecule has 598 valence electrons. The van der Waals surface area contributed by atoms with Crippen LogP contribution in [0.5, 0.6) is 17.2 Å². The third kappa shape index (κ3) is 23.2. The summed E-state index contributed by atoms with van der Waals surface area (Å²) < 4.78 is 54.1. The summed E-state index contributed by atoms with van der Waals surface area (Å²) in [6.45, 7) is 6.89. The maximum absolute atomic E-state index is 13.4. The predicted molar refractivity (Wildman–Crippen MR) is 430 cm³/mol. The fraction of sp³-hybridized carbons (Fsp3) is 0.321. The Balaban J connectivity index is 0.000000154. The number of alkyl halides is 1. The van der Waals surface area contributed by atoms with Crippen LogP contribution in [0, 0.1) is 0 Å². The molecule has 9 aromatic rings. The zero-order valence-corrected chi connectivity index (χ0v) is 68.3. The summed E-state index contributed by atoms with van der Waals surface area (Å²) in [5.41, 5.74) is 11.2. The van der Waals surface area contributed by atoms with Gasteiger partial charge < -0.3 is 77.4 Å². The Morgan fingerprint density at radius 3 is 1.24 bits per heavy atom. The molecule has 0 bridgehead atoms. The number of pyridine rings is 4. The summed E-state index contributed by atoms with van der Waals surface area (Å²) in [4.78, 5) is 109. The van der Waals surface area contributed by atoms with Crippen LogP contribution in [-0.2, 0) is 64.5 Å². The molecule has 5 aliphatic heterocycles. The van der Waals surface area contributed by atoms with Crippen molar-refractivity contribution in [3.8, 4) is 17.2 Å². The van der Waals surface area contributed by atoms with Crippen molar-refractivity contribution < 1.29 is 86.0 Å². The first-order valence-corrected chi connectivity index (χ1v) is 39.2. The normalized spacial score (nSPS) is 16.3. The molecule has 0 spiro atoms. The first-order valence-electron chi connectivity index (χ1n) is 36.5. The van der Waals surface area contributed by atoms with Crippen LogP contribution in [-0.4, -0.2) is 201 Å². The number of nitrogens with zero attached hydrogens (tertiary/aromatic N) is 8. The molecule has 27 nitrogen and oxygen atoms in total. The molecule has 14 rings (SSSR count). The van der Waals surface area contributed by atoms with E-state index in [4.69, 9.17) is 42.6 Å². The number of morpholine rings is 2. The fourth-order valence-electron chi connectivity index (χ4n) is 12.8. The molecule has 114 heavy (non-hydrogen) atoms. The van der Waals surface area contributed by atoms with Gasteiger partial charge in [-0.2, -0.15) is 0 Å². The SMILES string of the molecule is COC(=O)c1ccc(CBr)c(Br)c1.COC(=O)c1ccc(CCC(CO)c2cccnc2)c(Br)c1.COC(=O)c1ccc2c(c1)OCC(c1cccnc1)NC2.COC(=O)c1ccc2c(c1)OC[C@@H](c1cccnc1)N(C(=O)N1CCOCC1)C2.COC(=O)c1ccc2c(c1)OC[C@H](c1cccnc1)N(C(=O)N1CCOCC1)C2. The lowest BCUT2D eigenvalue weighted by Gasteiger charge is -2.36. The second-order valence-electron chi connectivity index (χ2n) is 26.2. The van der Waals surface area contributed by atoms with Crippen LogP contribution in [0.2, 0.25) is 0 Å². The van der Waals surface area contributed by atoms with Crippen molar-refractivity contribution in [3.05, 3.63) is 276 Å². The van der Waals surface area contributed by atoms with Gasteiger partial charge in [-0.1, -0.05) is 102 Å². The van der Waals surface area contributed by atoms with Crippen LogP contribution in [0.3, 0.4) is 0 Å². The third-order valence-corrected chi connectivity index (χ3v) is 21.2.